The third-order valence-corrected chi connectivity index (χ3v) is 3.68. The standard InChI is InChI=1S/C14H25NO/c1-3-14(16)13(9-4-5-10-15-2)11-12-7-6-8-12/h3,12-13,15H,1,4-11H2,2H3. The predicted octanol–water partition coefficient (Wildman–Crippen LogP) is 2.94. The maximum Gasteiger partial charge on any atom is 0.158 e. The largest absolute Gasteiger partial charge is 0.320 e. The molecule has 0 aromatic carbocycles. The van der Waals surface area contributed by atoms with Crippen molar-refractivity contribution < 1.29 is 4.79 Å². The van der Waals surface area contributed by atoms with Crippen molar-refractivity contribution in [3.8, 4) is 0 Å². The van der Waals surface area contributed by atoms with Gasteiger partial charge in [-0.25, -0.2) is 0 Å². The molecule has 1 atom stereocenters. The second-order valence-electron chi connectivity index (χ2n) is 4.94. The van der Waals surface area contributed by atoms with Crippen molar-refractivity contribution in [2.45, 2.75) is 44.9 Å². The van der Waals surface area contributed by atoms with Crippen LogP contribution in [0.4, 0.5) is 0 Å². The molecular weight excluding hydrogens is 198 g/mol. The molecule has 1 unspecified atom stereocenters. The zero-order valence-corrected chi connectivity index (χ0v) is 10.5. The van der Waals surface area contributed by atoms with Crippen LogP contribution in [0, 0.1) is 11.8 Å². The Bertz CT molecular complexity index is 221. The van der Waals surface area contributed by atoms with Gasteiger partial charge >= 0.3 is 0 Å². The molecule has 0 aromatic rings. The lowest BCUT2D eigenvalue weighted by Gasteiger charge is -2.28. The number of nitrogens with one attached hydrogen (secondary N) is 1. The number of carbonyl (C=O) groups is 1. The van der Waals surface area contributed by atoms with Crippen molar-refractivity contribution in [2.75, 3.05) is 13.6 Å². The van der Waals surface area contributed by atoms with Crippen LogP contribution < -0.4 is 5.32 Å². The van der Waals surface area contributed by atoms with Gasteiger partial charge in [0.1, 0.15) is 0 Å². The van der Waals surface area contributed by atoms with E-state index < -0.39 is 0 Å². The molecule has 0 saturated heterocycles. The van der Waals surface area contributed by atoms with Gasteiger partial charge in [0.25, 0.3) is 0 Å². The molecule has 1 aliphatic rings. The highest BCUT2D eigenvalue weighted by molar-refractivity contribution is 5.91. The summed E-state index contributed by atoms with van der Waals surface area (Å²) in [6.07, 6.45) is 10.0. The van der Waals surface area contributed by atoms with E-state index in [1.165, 1.54) is 31.8 Å². The summed E-state index contributed by atoms with van der Waals surface area (Å²) in [6, 6.07) is 0. The quantitative estimate of drug-likeness (QED) is 0.481. The summed E-state index contributed by atoms with van der Waals surface area (Å²) in [6.45, 7) is 4.67. The monoisotopic (exact) mass is 223 g/mol. The smallest absolute Gasteiger partial charge is 0.158 e. The van der Waals surface area contributed by atoms with E-state index >= 15 is 0 Å². The van der Waals surface area contributed by atoms with E-state index in [4.69, 9.17) is 0 Å². The lowest BCUT2D eigenvalue weighted by atomic mass is 9.76. The minimum absolute atomic E-state index is 0.250. The lowest BCUT2D eigenvalue weighted by Crippen LogP contribution is -2.21. The fourth-order valence-electron chi connectivity index (χ4n) is 2.37. The van der Waals surface area contributed by atoms with Gasteiger partial charge in [-0.05, 0) is 44.8 Å². The number of carbonyl (C=O) groups excluding carboxylic acids is 1. The van der Waals surface area contributed by atoms with Crippen LogP contribution in [0.25, 0.3) is 0 Å². The van der Waals surface area contributed by atoms with Gasteiger partial charge in [-0.15, -0.1) is 0 Å². The summed E-state index contributed by atoms with van der Waals surface area (Å²) < 4.78 is 0. The molecule has 1 rings (SSSR count). The second-order valence-corrected chi connectivity index (χ2v) is 4.94. The van der Waals surface area contributed by atoms with Crippen LogP contribution in [0.3, 0.4) is 0 Å². The molecule has 2 nitrogen and oxygen atoms in total. The van der Waals surface area contributed by atoms with Crippen molar-refractivity contribution >= 4 is 5.78 Å². The molecule has 0 amide bonds. The number of hydrogen-bond donors (Lipinski definition) is 1. The molecule has 1 saturated carbocycles. The molecule has 2 heteroatoms. The molecule has 0 spiro atoms. The van der Waals surface area contributed by atoms with Crippen LogP contribution in [-0.4, -0.2) is 19.4 Å². The van der Waals surface area contributed by atoms with Crippen molar-refractivity contribution in [2.24, 2.45) is 11.8 Å². The highest BCUT2D eigenvalue weighted by Crippen LogP contribution is 2.34. The van der Waals surface area contributed by atoms with E-state index in [0.29, 0.717) is 0 Å². The van der Waals surface area contributed by atoms with E-state index in [9.17, 15) is 4.79 Å². The van der Waals surface area contributed by atoms with E-state index in [2.05, 4.69) is 11.9 Å². The number of allylic oxidation sites excluding steroid dienone is 1. The van der Waals surface area contributed by atoms with Gasteiger partial charge in [0.15, 0.2) is 5.78 Å². The van der Waals surface area contributed by atoms with Gasteiger partial charge in [-0.2, -0.15) is 0 Å². The highest BCUT2D eigenvalue weighted by atomic mass is 16.1. The van der Waals surface area contributed by atoms with E-state index in [1.54, 1.807) is 0 Å². The molecule has 1 aliphatic carbocycles. The Morgan fingerprint density at radius 2 is 2.25 bits per heavy atom. The molecule has 1 N–H and O–H groups in total. The first-order chi connectivity index (χ1) is 7.77. The Kier molecular flexibility index (Phi) is 6.39. The minimum Gasteiger partial charge on any atom is -0.320 e. The van der Waals surface area contributed by atoms with Crippen LogP contribution in [0.2, 0.25) is 0 Å². The third-order valence-electron chi connectivity index (χ3n) is 3.68. The number of ketones is 1. The van der Waals surface area contributed by atoms with Gasteiger partial charge in [0, 0.05) is 5.92 Å². The van der Waals surface area contributed by atoms with Gasteiger partial charge in [0.2, 0.25) is 0 Å². The van der Waals surface area contributed by atoms with E-state index in [-0.39, 0.29) is 11.7 Å². The Morgan fingerprint density at radius 3 is 2.75 bits per heavy atom. The summed E-state index contributed by atoms with van der Waals surface area (Å²) >= 11 is 0. The van der Waals surface area contributed by atoms with Gasteiger partial charge in [-0.3, -0.25) is 4.79 Å². The normalized spacial score (nSPS) is 17.8. The second kappa shape index (κ2) is 7.61. The van der Waals surface area contributed by atoms with Crippen molar-refractivity contribution in [3.63, 3.8) is 0 Å². The first-order valence-corrected chi connectivity index (χ1v) is 6.58. The van der Waals surface area contributed by atoms with Crippen molar-refractivity contribution in [1.82, 2.24) is 5.32 Å². The van der Waals surface area contributed by atoms with Gasteiger partial charge in [-0.1, -0.05) is 32.3 Å². The molecule has 0 bridgehead atoms. The van der Waals surface area contributed by atoms with Crippen LogP contribution in [0.5, 0.6) is 0 Å². The fraction of sp³-hybridized carbons (Fsp3) is 0.786. The zero-order chi connectivity index (χ0) is 11.8. The minimum atomic E-state index is 0.250. The Hall–Kier alpha value is -0.630. The summed E-state index contributed by atoms with van der Waals surface area (Å²) in [5.41, 5.74) is 0. The zero-order valence-electron chi connectivity index (χ0n) is 10.5. The van der Waals surface area contributed by atoms with Crippen molar-refractivity contribution in [3.05, 3.63) is 12.7 Å². The predicted molar refractivity (Wildman–Crippen MR) is 68.4 cm³/mol. The van der Waals surface area contributed by atoms with Crippen LogP contribution in [0.1, 0.15) is 44.9 Å². The summed E-state index contributed by atoms with van der Waals surface area (Å²) in [7, 11) is 1.97. The Labute approximate surface area is 99.5 Å². The highest BCUT2D eigenvalue weighted by Gasteiger charge is 2.24. The molecule has 0 heterocycles. The fourth-order valence-corrected chi connectivity index (χ4v) is 2.37. The van der Waals surface area contributed by atoms with Crippen LogP contribution >= 0.6 is 0 Å². The molecule has 0 aliphatic heterocycles. The topological polar surface area (TPSA) is 29.1 Å². The Morgan fingerprint density at radius 1 is 1.50 bits per heavy atom. The average Bonchev–Trinajstić information content (AvgIpc) is 2.24. The number of rotatable bonds is 9. The summed E-state index contributed by atoms with van der Waals surface area (Å²) in [4.78, 5) is 11.7. The molecular formula is C14H25NO. The van der Waals surface area contributed by atoms with Gasteiger partial charge in [0.05, 0.1) is 0 Å². The maximum absolute atomic E-state index is 11.7. The molecule has 1 fully saturated rings. The summed E-state index contributed by atoms with van der Waals surface area (Å²) in [5.74, 6) is 1.33. The summed E-state index contributed by atoms with van der Waals surface area (Å²) in [5, 5.41) is 3.14. The SMILES string of the molecule is C=CC(=O)C(CCCCNC)CC1CCC1. The third kappa shape index (κ3) is 4.48. The first kappa shape index (κ1) is 13.4. The van der Waals surface area contributed by atoms with E-state index in [1.807, 2.05) is 7.05 Å². The first-order valence-electron chi connectivity index (χ1n) is 6.58. The maximum atomic E-state index is 11.7. The van der Waals surface area contributed by atoms with E-state index in [0.717, 1.165) is 31.7 Å². The average molecular weight is 223 g/mol. The molecule has 0 aromatic heterocycles. The lowest BCUT2D eigenvalue weighted by molar-refractivity contribution is -0.119. The van der Waals surface area contributed by atoms with Crippen LogP contribution in [-0.2, 0) is 4.79 Å². The Balaban J connectivity index is 2.25. The van der Waals surface area contributed by atoms with Crippen molar-refractivity contribution in [1.29, 1.82) is 0 Å². The number of hydrogen-bond acceptors (Lipinski definition) is 2. The molecule has 16 heavy (non-hydrogen) atoms. The van der Waals surface area contributed by atoms with Gasteiger partial charge < -0.3 is 5.32 Å². The molecule has 0 radical (unpaired) electrons. The number of unbranched alkanes of at least 4 members (excludes halogenated alkanes) is 1. The van der Waals surface area contributed by atoms with Crippen LogP contribution in [0.15, 0.2) is 12.7 Å². The molecule has 92 valence electrons.